The van der Waals surface area contributed by atoms with Crippen molar-refractivity contribution < 1.29 is 9.59 Å². The number of aromatic nitrogens is 1. The highest BCUT2D eigenvalue weighted by atomic mass is 16.2. The molecule has 0 fully saturated rings. The summed E-state index contributed by atoms with van der Waals surface area (Å²) in [7, 11) is 0. The van der Waals surface area contributed by atoms with Gasteiger partial charge in [0.1, 0.15) is 6.04 Å². The lowest BCUT2D eigenvalue weighted by Gasteiger charge is -2.16. The van der Waals surface area contributed by atoms with Crippen molar-refractivity contribution >= 4 is 11.9 Å². The summed E-state index contributed by atoms with van der Waals surface area (Å²) >= 11 is 0. The van der Waals surface area contributed by atoms with Gasteiger partial charge in [-0.3, -0.25) is 9.78 Å². The van der Waals surface area contributed by atoms with Crippen LogP contribution in [-0.2, 0) is 11.3 Å². The van der Waals surface area contributed by atoms with Crippen molar-refractivity contribution in [3.05, 3.63) is 66.0 Å². The van der Waals surface area contributed by atoms with Crippen LogP contribution < -0.4 is 16.4 Å². The van der Waals surface area contributed by atoms with Gasteiger partial charge in [-0.05, 0) is 17.2 Å². The minimum Gasteiger partial charge on any atom is -0.368 e. The Balaban J connectivity index is 1.95. The second-order valence-electron chi connectivity index (χ2n) is 4.43. The van der Waals surface area contributed by atoms with Crippen LogP contribution in [0, 0.1) is 0 Å². The molecule has 1 aromatic heterocycles. The molecule has 0 saturated carbocycles. The number of rotatable bonds is 5. The van der Waals surface area contributed by atoms with Crippen molar-refractivity contribution in [1.29, 1.82) is 0 Å². The molecule has 0 aliphatic rings. The van der Waals surface area contributed by atoms with Crippen LogP contribution in [0.25, 0.3) is 0 Å². The monoisotopic (exact) mass is 284 g/mol. The molecule has 0 saturated heterocycles. The summed E-state index contributed by atoms with van der Waals surface area (Å²) in [6, 6.07) is 11.1. The summed E-state index contributed by atoms with van der Waals surface area (Å²) in [5.74, 6) is -0.613. The van der Waals surface area contributed by atoms with Gasteiger partial charge in [0.2, 0.25) is 5.91 Å². The van der Waals surface area contributed by atoms with Crippen molar-refractivity contribution in [2.75, 3.05) is 0 Å². The van der Waals surface area contributed by atoms with Gasteiger partial charge >= 0.3 is 6.03 Å². The molecule has 1 unspecified atom stereocenters. The van der Waals surface area contributed by atoms with Gasteiger partial charge in [0.25, 0.3) is 0 Å². The number of primary amides is 1. The molecular weight excluding hydrogens is 268 g/mol. The van der Waals surface area contributed by atoms with Crippen LogP contribution in [0.5, 0.6) is 0 Å². The molecule has 6 heteroatoms. The number of nitrogens with zero attached hydrogens (tertiary/aromatic N) is 1. The fourth-order valence-electron chi connectivity index (χ4n) is 1.83. The lowest BCUT2D eigenvalue weighted by molar-refractivity contribution is -0.119. The van der Waals surface area contributed by atoms with E-state index in [-0.39, 0.29) is 0 Å². The zero-order chi connectivity index (χ0) is 15.1. The van der Waals surface area contributed by atoms with Gasteiger partial charge in [0.15, 0.2) is 0 Å². The lowest BCUT2D eigenvalue weighted by Crippen LogP contribution is -2.42. The predicted octanol–water partition coefficient (Wildman–Crippen LogP) is 1.11. The molecule has 21 heavy (non-hydrogen) atoms. The Hall–Kier alpha value is -2.89. The Bertz CT molecular complexity index is 602. The van der Waals surface area contributed by atoms with E-state index in [1.807, 2.05) is 12.1 Å². The molecule has 0 aliphatic carbocycles. The molecule has 1 atom stereocenters. The highest BCUT2D eigenvalue weighted by molar-refractivity contribution is 5.86. The molecule has 0 spiro atoms. The molecule has 0 radical (unpaired) electrons. The molecule has 0 bridgehead atoms. The molecular formula is C15H16N4O2. The van der Waals surface area contributed by atoms with Gasteiger partial charge in [-0.1, -0.05) is 36.4 Å². The molecule has 6 nitrogen and oxygen atoms in total. The number of urea groups is 1. The van der Waals surface area contributed by atoms with E-state index >= 15 is 0 Å². The summed E-state index contributed by atoms with van der Waals surface area (Å²) < 4.78 is 0. The standard InChI is InChI=1S/C15H16N4O2/c16-14(20)13(12-6-2-1-3-7-12)19-15(21)18-10-11-5-4-8-17-9-11/h1-9,13H,10H2,(H2,16,20)(H2,18,19,21). The van der Waals surface area contributed by atoms with Crippen LogP contribution in [0.1, 0.15) is 17.2 Å². The Morgan fingerprint density at radius 3 is 2.52 bits per heavy atom. The average molecular weight is 284 g/mol. The molecule has 4 N–H and O–H groups in total. The molecule has 108 valence electrons. The number of amides is 3. The Labute approximate surface area is 122 Å². The van der Waals surface area contributed by atoms with E-state index in [9.17, 15) is 9.59 Å². The number of nitrogens with two attached hydrogens (primary N) is 1. The van der Waals surface area contributed by atoms with Crippen molar-refractivity contribution in [2.24, 2.45) is 5.73 Å². The third kappa shape index (κ3) is 4.31. The lowest BCUT2D eigenvalue weighted by atomic mass is 10.1. The van der Waals surface area contributed by atoms with Gasteiger partial charge in [0.05, 0.1) is 0 Å². The Morgan fingerprint density at radius 2 is 1.90 bits per heavy atom. The second-order valence-corrected chi connectivity index (χ2v) is 4.43. The van der Waals surface area contributed by atoms with E-state index in [4.69, 9.17) is 5.73 Å². The van der Waals surface area contributed by atoms with Crippen molar-refractivity contribution in [3.8, 4) is 0 Å². The Kier molecular flexibility index (Phi) is 4.87. The summed E-state index contributed by atoms with van der Waals surface area (Å²) in [5.41, 5.74) is 6.84. The highest BCUT2D eigenvalue weighted by Gasteiger charge is 2.19. The molecule has 2 rings (SSSR count). The molecule has 0 aliphatic heterocycles. The maximum atomic E-state index is 11.9. The van der Waals surface area contributed by atoms with Gasteiger partial charge in [0, 0.05) is 18.9 Å². The van der Waals surface area contributed by atoms with E-state index in [1.165, 1.54) is 0 Å². The third-order valence-corrected chi connectivity index (χ3v) is 2.87. The van der Waals surface area contributed by atoms with Crippen LogP contribution in [0.2, 0.25) is 0 Å². The zero-order valence-corrected chi connectivity index (χ0v) is 11.3. The molecule has 2 aromatic rings. The summed E-state index contributed by atoms with van der Waals surface area (Å²) in [6.45, 7) is 0.319. The minimum absolute atomic E-state index is 0.319. The second kappa shape index (κ2) is 7.04. The molecule has 1 heterocycles. The zero-order valence-electron chi connectivity index (χ0n) is 11.3. The maximum Gasteiger partial charge on any atom is 0.315 e. The van der Waals surface area contributed by atoms with Crippen molar-refractivity contribution in [3.63, 3.8) is 0 Å². The number of nitrogens with one attached hydrogen (secondary N) is 2. The first-order valence-electron chi connectivity index (χ1n) is 6.44. The van der Waals surface area contributed by atoms with Crippen molar-refractivity contribution in [1.82, 2.24) is 15.6 Å². The van der Waals surface area contributed by atoms with Crippen molar-refractivity contribution in [2.45, 2.75) is 12.6 Å². The van der Waals surface area contributed by atoms with Crippen LogP contribution in [0.3, 0.4) is 0 Å². The van der Waals surface area contributed by atoms with E-state index in [0.29, 0.717) is 12.1 Å². The Morgan fingerprint density at radius 1 is 1.14 bits per heavy atom. The maximum absolute atomic E-state index is 11.9. The summed E-state index contributed by atoms with van der Waals surface area (Å²) in [5, 5.41) is 5.21. The number of carbonyl (C=O) groups is 2. The van der Waals surface area contributed by atoms with Crippen LogP contribution in [0.4, 0.5) is 4.79 Å². The van der Waals surface area contributed by atoms with Gasteiger partial charge in [-0.2, -0.15) is 0 Å². The first-order valence-corrected chi connectivity index (χ1v) is 6.44. The number of hydrogen-bond donors (Lipinski definition) is 3. The molecule has 3 amide bonds. The first kappa shape index (κ1) is 14.5. The van der Waals surface area contributed by atoms with E-state index < -0.39 is 18.0 Å². The van der Waals surface area contributed by atoms with Gasteiger partial charge in [-0.15, -0.1) is 0 Å². The van der Waals surface area contributed by atoms with E-state index in [2.05, 4.69) is 15.6 Å². The first-order chi connectivity index (χ1) is 10.2. The van der Waals surface area contributed by atoms with Gasteiger partial charge in [-0.25, -0.2) is 4.79 Å². The van der Waals surface area contributed by atoms with Gasteiger partial charge < -0.3 is 16.4 Å². The largest absolute Gasteiger partial charge is 0.368 e. The quantitative estimate of drug-likeness (QED) is 0.767. The fraction of sp³-hybridized carbons (Fsp3) is 0.133. The summed E-state index contributed by atoms with van der Waals surface area (Å²) in [6.07, 6.45) is 3.31. The minimum atomic E-state index is -0.861. The third-order valence-electron chi connectivity index (χ3n) is 2.87. The van der Waals surface area contributed by atoms with E-state index in [1.54, 1.807) is 42.7 Å². The van der Waals surface area contributed by atoms with Crippen LogP contribution >= 0.6 is 0 Å². The number of pyridine rings is 1. The molecule has 1 aromatic carbocycles. The SMILES string of the molecule is NC(=O)C(NC(=O)NCc1cccnc1)c1ccccc1. The highest BCUT2D eigenvalue weighted by Crippen LogP contribution is 2.11. The number of hydrogen-bond acceptors (Lipinski definition) is 3. The number of carbonyl (C=O) groups excluding carboxylic acids is 2. The average Bonchev–Trinajstić information content (AvgIpc) is 2.52. The number of benzene rings is 1. The smallest absolute Gasteiger partial charge is 0.315 e. The topological polar surface area (TPSA) is 97.1 Å². The normalized spacial score (nSPS) is 11.4. The predicted molar refractivity (Wildman–Crippen MR) is 78.0 cm³/mol. The van der Waals surface area contributed by atoms with Crippen LogP contribution in [0.15, 0.2) is 54.9 Å². The van der Waals surface area contributed by atoms with Crippen LogP contribution in [-0.4, -0.2) is 16.9 Å². The fourth-order valence-corrected chi connectivity index (χ4v) is 1.83. The van der Waals surface area contributed by atoms with E-state index in [0.717, 1.165) is 5.56 Å². The summed E-state index contributed by atoms with van der Waals surface area (Å²) in [4.78, 5) is 27.3.